The molecular formula is C20H17Cl2N3O6. The zero-order valence-electron chi connectivity index (χ0n) is 16.3. The average molecular weight is 466 g/mol. The van der Waals surface area contributed by atoms with Gasteiger partial charge in [-0.3, -0.25) is 24.5 Å². The number of amides is 2. The third-order valence-corrected chi connectivity index (χ3v) is 5.25. The first-order valence-corrected chi connectivity index (χ1v) is 9.88. The summed E-state index contributed by atoms with van der Waals surface area (Å²) in [6.45, 7) is 1.03. The minimum absolute atomic E-state index is 0.0451. The van der Waals surface area contributed by atoms with Crippen molar-refractivity contribution in [2.45, 2.75) is 13.3 Å². The van der Waals surface area contributed by atoms with Crippen LogP contribution in [-0.4, -0.2) is 35.9 Å². The lowest BCUT2D eigenvalue weighted by Gasteiger charge is -2.18. The molecule has 1 saturated heterocycles. The van der Waals surface area contributed by atoms with Gasteiger partial charge in [0.2, 0.25) is 5.91 Å². The fraction of sp³-hybridized carbons (Fsp3) is 0.250. The number of anilines is 2. The van der Waals surface area contributed by atoms with Gasteiger partial charge in [0, 0.05) is 35.3 Å². The van der Waals surface area contributed by atoms with Crippen LogP contribution in [0.4, 0.5) is 17.1 Å². The van der Waals surface area contributed by atoms with Gasteiger partial charge in [-0.2, -0.15) is 0 Å². The Kier molecular flexibility index (Phi) is 6.77. The molecule has 11 heteroatoms. The number of nitrogens with zero attached hydrogens (tertiary/aromatic N) is 2. The van der Waals surface area contributed by atoms with Crippen molar-refractivity contribution in [1.29, 1.82) is 0 Å². The first-order chi connectivity index (χ1) is 14.7. The third kappa shape index (κ3) is 5.31. The normalized spacial score (nSPS) is 15.6. The molecule has 2 aromatic carbocycles. The Labute approximate surface area is 187 Å². The van der Waals surface area contributed by atoms with Crippen molar-refractivity contribution < 1.29 is 24.0 Å². The largest absolute Gasteiger partial charge is 0.455 e. The molecule has 0 bridgehead atoms. The van der Waals surface area contributed by atoms with E-state index in [1.54, 1.807) is 19.1 Å². The second kappa shape index (κ2) is 9.32. The summed E-state index contributed by atoms with van der Waals surface area (Å²) in [5.41, 5.74) is 0.910. The maximum Gasteiger partial charge on any atom is 0.311 e. The van der Waals surface area contributed by atoms with Crippen molar-refractivity contribution in [3.8, 4) is 0 Å². The van der Waals surface area contributed by atoms with E-state index in [0.717, 1.165) is 0 Å². The minimum atomic E-state index is -0.768. The highest BCUT2D eigenvalue weighted by atomic mass is 35.5. The summed E-state index contributed by atoms with van der Waals surface area (Å²) in [6.07, 6.45) is -0.0898. The zero-order valence-corrected chi connectivity index (χ0v) is 17.8. The van der Waals surface area contributed by atoms with Gasteiger partial charge in [0.15, 0.2) is 6.61 Å². The number of halogens is 2. The quantitative estimate of drug-likeness (QED) is 0.394. The van der Waals surface area contributed by atoms with Crippen molar-refractivity contribution in [2.75, 3.05) is 23.4 Å². The van der Waals surface area contributed by atoms with E-state index in [2.05, 4.69) is 5.32 Å². The van der Waals surface area contributed by atoms with Gasteiger partial charge in [-0.15, -0.1) is 0 Å². The number of nitrogens with one attached hydrogen (secondary N) is 1. The second-order valence-corrected chi connectivity index (χ2v) is 7.76. The molecule has 9 nitrogen and oxygen atoms in total. The van der Waals surface area contributed by atoms with Crippen molar-refractivity contribution in [3.05, 3.63) is 62.1 Å². The Bertz CT molecular complexity index is 1070. The number of rotatable bonds is 6. The minimum Gasteiger partial charge on any atom is -0.455 e. The van der Waals surface area contributed by atoms with Crippen LogP contribution in [-0.2, 0) is 19.1 Å². The van der Waals surface area contributed by atoms with E-state index < -0.39 is 29.3 Å². The van der Waals surface area contributed by atoms with Gasteiger partial charge in [0.1, 0.15) is 0 Å². The van der Waals surface area contributed by atoms with E-state index in [9.17, 15) is 24.5 Å². The van der Waals surface area contributed by atoms with Gasteiger partial charge in [-0.05, 0) is 31.2 Å². The Morgan fingerprint density at radius 1 is 1.26 bits per heavy atom. The molecule has 0 saturated carbocycles. The lowest BCUT2D eigenvalue weighted by atomic mass is 10.1. The SMILES string of the molecule is Cc1ccc(NC(=O)COC(=O)[C@@H]2CC(=O)N(c3cc(Cl)ccc3Cl)C2)cc1[N+](=O)[O-]. The molecule has 2 amide bonds. The topological polar surface area (TPSA) is 119 Å². The van der Waals surface area contributed by atoms with E-state index in [-0.39, 0.29) is 30.2 Å². The van der Waals surface area contributed by atoms with Gasteiger partial charge < -0.3 is 15.0 Å². The lowest BCUT2D eigenvalue weighted by molar-refractivity contribution is -0.385. The number of nitro benzene ring substituents is 1. The van der Waals surface area contributed by atoms with Crippen molar-refractivity contribution in [1.82, 2.24) is 0 Å². The number of ether oxygens (including phenoxy) is 1. The Morgan fingerprint density at radius 2 is 2.00 bits per heavy atom. The molecule has 1 aliphatic rings. The third-order valence-electron chi connectivity index (χ3n) is 4.69. The highest BCUT2D eigenvalue weighted by molar-refractivity contribution is 6.35. The summed E-state index contributed by atoms with van der Waals surface area (Å²) in [4.78, 5) is 48.5. The van der Waals surface area contributed by atoms with E-state index in [0.29, 0.717) is 21.3 Å². The summed E-state index contributed by atoms with van der Waals surface area (Å²) in [7, 11) is 0. The average Bonchev–Trinajstić information content (AvgIpc) is 3.10. The Balaban J connectivity index is 1.57. The molecule has 0 unspecified atom stereocenters. The van der Waals surface area contributed by atoms with Crippen molar-refractivity contribution >= 4 is 58.0 Å². The Hall–Kier alpha value is -3.17. The molecule has 1 aliphatic heterocycles. The second-order valence-electron chi connectivity index (χ2n) is 6.92. The number of hydrogen-bond donors (Lipinski definition) is 1. The fourth-order valence-corrected chi connectivity index (χ4v) is 3.51. The van der Waals surface area contributed by atoms with Gasteiger partial charge in [0.25, 0.3) is 11.6 Å². The fourth-order valence-electron chi connectivity index (χ4n) is 3.13. The predicted molar refractivity (Wildman–Crippen MR) is 114 cm³/mol. The van der Waals surface area contributed by atoms with Gasteiger partial charge in [-0.1, -0.05) is 29.3 Å². The van der Waals surface area contributed by atoms with E-state index in [1.807, 2.05) is 0 Å². The van der Waals surface area contributed by atoms with Crippen molar-refractivity contribution in [3.63, 3.8) is 0 Å². The summed E-state index contributed by atoms with van der Waals surface area (Å²) < 4.78 is 5.03. The predicted octanol–water partition coefficient (Wildman–Crippen LogP) is 3.74. The van der Waals surface area contributed by atoms with Crippen LogP contribution in [0.1, 0.15) is 12.0 Å². The first-order valence-electron chi connectivity index (χ1n) is 9.12. The molecule has 162 valence electrons. The number of nitro groups is 1. The van der Waals surface area contributed by atoms with E-state index >= 15 is 0 Å². The van der Waals surface area contributed by atoms with Crippen molar-refractivity contribution in [2.24, 2.45) is 5.92 Å². The van der Waals surface area contributed by atoms with Gasteiger partial charge in [0.05, 0.1) is 21.6 Å². The molecule has 0 radical (unpaired) electrons. The molecular weight excluding hydrogens is 449 g/mol. The summed E-state index contributed by atoms with van der Waals surface area (Å²) in [6, 6.07) is 8.89. The maximum absolute atomic E-state index is 12.3. The summed E-state index contributed by atoms with van der Waals surface area (Å²) >= 11 is 12.1. The summed E-state index contributed by atoms with van der Waals surface area (Å²) in [5, 5.41) is 14.1. The lowest BCUT2D eigenvalue weighted by Crippen LogP contribution is -2.28. The number of aryl methyl sites for hydroxylation is 1. The molecule has 1 fully saturated rings. The number of carbonyl (C=O) groups is 3. The monoisotopic (exact) mass is 465 g/mol. The van der Waals surface area contributed by atoms with Crippen LogP contribution in [0.2, 0.25) is 10.0 Å². The molecule has 1 atom stereocenters. The molecule has 0 spiro atoms. The maximum atomic E-state index is 12.3. The summed E-state index contributed by atoms with van der Waals surface area (Å²) in [5.74, 6) is -2.46. The number of esters is 1. The molecule has 1 N–H and O–H groups in total. The molecule has 0 aliphatic carbocycles. The Morgan fingerprint density at radius 3 is 2.71 bits per heavy atom. The van der Waals surface area contributed by atoms with Gasteiger partial charge >= 0.3 is 5.97 Å². The number of carbonyl (C=O) groups excluding carboxylic acids is 3. The molecule has 3 rings (SSSR count). The van der Waals surface area contributed by atoms with Crippen LogP contribution in [0, 0.1) is 23.0 Å². The molecule has 2 aromatic rings. The highest BCUT2D eigenvalue weighted by Gasteiger charge is 2.37. The van der Waals surface area contributed by atoms with E-state index in [4.69, 9.17) is 27.9 Å². The number of benzene rings is 2. The highest BCUT2D eigenvalue weighted by Crippen LogP contribution is 2.33. The zero-order chi connectivity index (χ0) is 22.7. The first kappa shape index (κ1) is 22.5. The van der Waals surface area contributed by atoms with E-state index in [1.165, 1.54) is 29.2 Å². The number of hydrogen-bond acceptors (Lipinski definition) is 6. The van der Waals surface area contributed by atoms with Crippen LogP contribution < -0.4 is 10.2 Å². The van der Waals surface area contributed by atoms with Crippen LogP contribution >= 0.6 is 23.2 Å². The van der Waals surface area contributed by atoms with Crippen LogP contribution in [0.5, 0.6) is 0 Å². The van der Waals surface area contributed by atoms with Crippen LogP contribution in [0.3, 0.4) is 0 Å². The van der Waals surface area contributed by atoms with Gasteiger partial charge in [-0.25, -0.2) is 0 Å². The molecule has 31 heavy (non-hydrogen) atoms. The molecule has 1 heterocycles. The van der Waals surface area contributed by atoms with Crippen LogP contribution in [0.25, 0.3) is 0 Å². The molecule has 0 aromatic heterocycles. The van der Waals surface area contributed by atoms with Crippen LogP contribution in [0.15, 0.2) is 36.4 Å². The smallest absolute Gasteiger partial charge is 0.311 e. The standard InChI is InChI=1S/C20H17Cl2N3O6/c1-11-2-4-14(8-16(11)25(29)30)23-18(26)10-31-20(28)12-6-19(27)24(9-12)17-7-13(21)3-5-15(17)22/h2-5,7-8,12H,6,9-10H2,1H3,(H,23,26)/t12-/m1/s1.